The van der Waals surface area contributed by atoms with Gasteiger partial charge in [-0.1, -0.05) is 13.8 Å². The molecule has 3 rings (SSSR count). The zero-order valence-corrected chi connectivity index (χ0v) is 12.8. The van der Waals surface area contributed by atoms with E-state index in [1.165, 1.54) is 0 Å². The van der Waals surface area contributed by atoms with E-state index in [2.05, 4.69) is 0 Å². The Bertz CT molecular complexity index is 1150. The van der Waals surface area contributed by atoms with E-state index in [9.17, 15) is 6.48 Å². The van der Waals surface area contributed by atoms with E-state index in [0.717, 1.165) is 14.0 Å². The van der Waals surface area contributed by atoms with Crippen LogP contribution < -0.4 is 9.47 Å². The quantitative estimate of drug-likeness (QED) is 0.918. The molecule has 2 heterocycles. The zero-order chi connectivity index (χ0) is 30.5. The van der Waals surface area contributed by atoms with Gasteiger partial charge in [-0.15, -0.1) is 0 Å². The summed E-state index contributed by atoms with van der Waals surface area (Å²) in [6.07, 6.45) is -8.99. The van der Waals surface area contributed by atoms with Crippen molar-refractivity contribution in [2.75, 3.05) is 27.2 Å². The Morgan fingerprint density at radius 1 is 1.61 bits per heavy atom. The van der Waals surface area contributed by atoms with Crippen molar-refractivity contribution >= 4 is 0 Å². The average Bonchev–Trinajstić information content (AvgIpc) is 2.72. The molecule has 0 spiro atoms. The van der Waals surface area contributed by atoms with Crippen molar-refractivity contribution in [3.8, 4) is 11.5 Å². The highest BCUT2D eigenvalue weighted by molar-refractivity contribution is 5.49. The van der Waals surface area contributed by atoms with Gasteiger partial charge in [-0.25, -0.2) is 0 Å². The summed E-state index contributed by atoms with van der Waals surface area (Å²) >= 11 is 0. The van der Waals surface area contributed by atoms with Crippen LogP contribution in [0, 0.1) is 11.8 Å². The van der Waals surface area contributed by atoms with Crippen LogP contribution in [-0.4, -0.2) is 43.3 Å². The standard InChI is InChI=1S/C19H29NO3/c1-12(2)7-14-11-20-6-5-13-8-18(22-3)19(23-4)9-15(13)16(20)10-17(14)21/h8-9,12,14,16-17,21H,5-7,10-11H2,1-4H3/i1D3,4D3,5D2,6D2,7D2,8D,9D,12D,16D. The number of methoxy groups -OCH3 is 2. The van der Waals surface area contributed by atoms with Gasteiger partial charge in [0.2, 0.25) is 0 Å². The van der Waals surface area contributed by atoms with Crippen molar-refractivity contribution in [1.29, 1.82) is 0 Å². The molecule has 4 nitrogen and oxygen atoms in total. The monoisotopic (exact) mass is 335 g/mol. The SMILES string of the molecule is [2H]c1c(OC([2H])([2H])[2H])c(OC)c([2H])c2c1C1([2H])CC(O)C(C([2H])([2H])C([2H])(C)C([2H])([2H])[2H])CN1C([2H])([2H])C2([2H])[2H]. The average molecular weight is 336 g/mol. The topological polar surface area (TPSA) is 41.9 Å². The highest BCUT2D eigenvalue weighted by Gasteiger charge is 2.38. The van der Waals surface area contributed by atoms with Crippen LogP contribution >= 0.6 is 0 Å². The second-order valence-corrected chi connectivity index (χ2v) is 5.41. The molecule has 1 aromatic carbocycles. The Morgan fingerprint density at radius 3 is 3.17 bits per heavy atom. The third-order valence-corrected chi connectivity index (χ3v) is 3.82. The number of benzene rings is 1. The predicted molar refractivity (Wildman–Crippen MR) is 91.1 cm³/mol. The number of ether oxygens (including phenoxy) is 2. The smallest absolute Gasteiger partial charge is 0.161 e. The van der Waals surface area contributed by atoms with E-state index < -0.39 is 105 Å². The largest absolute Gasteiger partial charge is 0.493 e. The lowest BCUT2D eigenvalue weighted by Crippen LogP contribution is -2.48. The lowest BCUT2D eigenvalue weighted by Gasteiger charge is -2.46. The molecule has 23 heavy (non-hydrogen) atoms. The first-order chi connectivity index (χ1) is 17.2. The highest BCUT2D eigenvalue weighted by atomic mass is 16.5. The van der Waals surface area contributed by atoms with Gasteiger partial charge in [0.25, 0.3) is 0 Å². The van der Waals surface area contributed by atoms with Crippen molar-refractivity contribution in [2.24, 2.45) is 11.8 Å². The number of aliphatic hydroxyl groups excluding tert-OH is 1. The highest BCUT2D eigenvalue weighted by Crippen LogP contribution is 2.43. The Kier molecular flexibility index (Phi) is 1.72. The fourth-order valence-electron chi connectivity index (χ4n) is 2.76. The van der Waals surface area contributed by atoms with Crippen molar-refractivity contribution in [3.05, 3.63) is 23.2 Å². The first kappa shape index (κ1) is 5.92. The first-order valence-electron chi connectivity index (χ1n) is 15.1. The van der Waals surface area contributed by atoms with E-state index >= 15 is 0 Å². The van der Waals surface area contributed by atoms with E-state index in [0.29, 0.717) is 4.90 Å². The van der Waals surface area contributed by atoms with Crippen molar-refractivity contribution in [2.45, 2.75) is 45.1 Å². The molecule has 2 aliphatic heterocycles. The van der Waals surface area contributed by atoms with Gasteiger partial charge >= 0.3 is 0 Å². The second-order valence-electron chi connectivity index (χ2n) is 5.41. The van der Waals surface area contributed by atoms with Gasteiger partial charge in [-0.2, -0.15) is 0 Å². The van der Waals surface area contributed by atoms with Crippen molar-refractivity contribution in [1.82, 2.24) is 4.90 Å². The molecule has 0 amide bonds. The van der Waals surface area contributed by atoms with Gasteiger partial charge < -0.3 is 14.6 Å². The zero-order valence-electron chi connectivity index (χ0n) is 28.8. The summed E-state index contributed by atoms with van der Waals surface area (Å²) in [6.45, 7) is -6.54. The number of hydrogen-bond donors (Lipinski definition) is 1. The summed E-state index contributed by atoms with van der Waals surface area (Å²) in [5.74, 6) is -6.12. The van der Waals surface area contributed by atoms with Crippen LogP contribution in [0.25, 0.3) is 0 Å². The van der Waals surface area contributed by atoms with Crippen LogP contribution in [0.1, 0.15) is 65.6 Å². The summed E-state index contributed by atoms with van der Waals surface area (Å²) in [5.41, 5.74) is -1.49. The van der Waals surface area contributed by atoms with Crippen LogP contribution in [0.15, 0.2) is 12.1 Å². The minimum Gasteiger partial charge on any atom is -0.493 e. The number of hydrogen-bond acceptors (Lipinski definition) is 4. The van der Waals surface area contributed by atoms with Gasteiger partial charge in [-0.3, -0.25) is 4.90 Å². The van der Waals surface area contributed by atoms with E-state index in [4.69, 9.17) is 30.0 Å². The van der Waals surface area contributed by atoms with Gasteiger partial charge in [0.15, 0.2) is 11.5 Å². The summed E-state index contributed by atoms with van der Waals surface area (Å²) < 4.78 is 141. The number of fused-ring (bicyclic) bond motifs is 3. The molecule has 1 N–H and O–H groups in total. The number of rotatable bonds is 4. The lowest BCUT2D eigenvalue weighted by atomic mass is 9.79. The molecule has 1 saturated heterocycles. The molecule has 2 aliphatic rings. The molecule has 0 aromatic heterocycles. The first-order valence-corrected chi connectivity index (χ1v) is 7.08. The van der Waals surface area contributed by atoms with E-state index in [1.54, 1.807) is 0 Å². The molecule has 0 bridgehead atoms. The normalized spacial score (nSPS) is 49.5. The van der Waals surface area contributed by atoms with Crippen LogP contribution in [0.5, 0.6) is 11.5 Å². The van der Waals surface area contributed by atoms with Crippen LogP contribution in [0.4, 0.5) is 0 Å². The molecule has 0 radical (unpaired) electrons. The summed E-state index contributed by atoms with van der Waals surface area (Å²) in [7, 11) is -2.16. The summed E-state index contributed by atoms with van der Waals surface area (Å²) in [6, 6.07) is -4.35. The van der Waals surface area contributed by atoms with E-state index in [-0.39, 0.29) is 0 Å². The minimum absolute atomic E-state index is 0.524. The van der Waals surface area contributed by atoms with Crippen molar-refractivity contribution < 1.29 is 36.5 Å². The number of aliphatic hydroxyl groups is 1. The van der Waals surface area contributed by atoms with Crippen LogP contribution in [0.3, 0.4) is 0 Å². The molecular formula is C19H29NO3. The summed E-state index contributed by atoms with van der Waals surface area (Å²) in [4.78, 5) is 0.524. The predicted octanol–water partition coefficient (Wildman–Crippen LogP) is 3.03. The molecule has 1 aromatic rings. The molecule has 0 aliphatic carbocycles. The van der Waals surface area contributed by atoms with Gasteiger partial charge in [0.05, 0.1) is 28.5 Å². The maximum Gasteiger partial charge on any atom is 0.161 e. The fraction of sp³-hybridized carbons (Fsp3) is 0.684. The number of piperidine rings is 1. The van der Waals surface area contributed by atoms with E-state index in [1.807, 2.05) is 0 Å². The van der Waals surface area contributed by atoms with Gasteiger partial charge in [-0.05, 0) is 54.2 Å². The molecule has 1 fully saturated rings. The molecule has 128 valence electrons. The third-order valence-electron chi connectivity index (χ3n) is 3.82. The van der Waals surface area contributed by atoms with Crippen LogP contribution in [-0.2, 0) is 6.37 Å². The summed E-state index contributed by atoms with van der Waals surface area (Å²) in [5, 5.41) is 11.1. The molecule has 4 atom stereocenters. The second kappa shape index (κ2) is 6.70. The maximum atomic E-state index is 11.1. The van der Waals surface area contributed by atoms with Gasteiger partial charge in [0, 0.05) is 32.8 Å². The minimum atomic E-state index is -3.20. The Balaban J connectivity index is 2.35. The maximum absolute atomic E-state index is 11.1. The number of nitrogens with zero attached hydrogens (tertiary/aromatic N) is 1. The molecule has 4 unspecified atom stereocenters. The molecular weight excluding hydrogens is 290 g/mol. The van der Waals surface area contributed by atoms with Crippen LogP contribution in [0.2, 0.25) is 0 Å². The molecule has 0 saturated carbocycles. The Morgan fingerprint density at radius 2 is 2.43 bits per heavy atom. The van der Waals surface area contributed by atoms with Gasteiger partial charge in [0.1, 0.15) is 0 Å². The Labute approximate surface area is 161 Å². The molecule has 4 heteroatoms. The fourth-order valence-corrected chi connectivity index (χ4v) is 2.76. The Hall–Kier alpha value is -1.26. The lowest BCUT2D eigenvalue weighted by molar-refractivity contribution is -0.0191. The van der Waals surface area contributed by atoms with Crippen molar-refractivity contribution in [3.63, 3.8) is 0 Å². The third kappa shape index (κ3) is 3.20.